The second-order valence-corrected chi connectivity index (χ2v) is 7.40. The molecule has 1 fully saturated rings. The van der Waals surface area contributed by atoms with Crippen LogP contribution in [0.5, 0.6) is 0 Å². The van der Waals surface area contributed by atoms with Crippen LogP contribution in [0.1, 0.15) is 45.6 Å². The molecule has 0 saturated heterocycles. The van der Waals surface area contributed by atoms with Gasteiger partial charge in [0, 0.05) is 12.1 Å². The minimum Gasteiger partial charge on any atom is -0.395 e. The van der Waals surface area contributed by atoms with E-state index in [2.05, 4.69) is 38.2 Å². The quantitative estimate of drug-likeness (QED) is 0.811. The van der Waals surface area contributed by atoms with E-state index in [0.717, 1.165) is 19.3 Å². The second kappa shape index (κ2) is 7.39. The van der Waals surface area contributed by atoms with Crippen molar-refractivity contribution in [3.63, 3.8) is 0 Å². The fourth-order valence-electron chi connectivity index (χ4n) is 2.87. The van der Waals surface area contributed by atoms with Crippen LogP contribution in [0, 0.1) is 5.41 Å². The molecule has 3 nitrogen and oxygen atoms in total. The van der Waals surface area contributed by atoms with Crippen LogP contribution >= 0.6 is 0 Å². The first-order valence-electron chi connectivity index (χ1n) is 7.99. The number of hydrogen-bond donors (Lipinski definition) is 2. The van der Waals surface area contributed by atoms with Crippen LogP contribution in [0.2, 0.25) is 0 Å². The monoisotopic (exact) mass is 291 g/mol. The summed E-state index contributed by atoms with van der Waals surface area (Å²) in [4.78, 5) is 0. The summed E-state index contributed by atoms with van der Waals surface area (Å²) in [5.41, 5.74) is 1.47. The van der Waals surface area contributed by atoms with E-state index in [4.69, 9.17) is 4.74 Å². The molecule has 21 heavy (non-hydrogen) atoms. The SMILES string of the molecule is CC(C)(C)C[C@H](CO)NC1CC(OCc2ccccc2)C1. The van der Waals surface area contributed by atoms with Crippen LogP contribution in [0.4, 0.5) is 0 Å². The van der Waals surface area contributed by atoms with Crippen molar-refractivity contribution in [2.24, 2.45) is 5.41 Å². The Balaban J connectivity index is 1.64. The van der Waals surface area contributed by atoms with E-state index >= 15 is 0 Å². The van der Waals surface area contributed by atoms with Gasteiger partial charge in [-0.15, -0.1) is 0 Å². The number of benzene rings is 1. The fourth-order valence-corrected chi connectivity index (χ4v) is 2.87. The Morgan fingerprint density at radius 2 is 1.90 bits per heavy atom. The predicted octanol–water partition coefficient (Wildman–Crippen LogP) is 3.12. The van der Waals surface area contributed by atoms with E-state index in [1.54, 1.807) is 0 Å². The summed E-state index contributed by atoms with van der Waals surface area (Å²) in [6.07, 6.45) is 3.45. The number of aliphatic hydroxyl groups excluding tert-OH is 1. The van der Waals surface area contributed by atoms with E-state index in [0.29, 0.717) is 18.8 Å². The summed E-state index contributed by atoms with van der Waals surface area (Å²) in [6, 6.07) is 11.0. The van der Waals surface area contributed by atoms with Crippen LogP contribution in [0.15, 0.2) is 30.3 Å². The third-order valence-corrected chi connectivity index (χ3v) is 3.97. The third-order valence-electron chi connectivity index (χ3n) is 3.97. The number of nitrogens with one attached hydrogen (secondary N) is 1. The lowest BCUT2D eigenvalue weighted by atomic mass is 9.85. The molecule has 0 heterocycles. The predicted molar refractivity (Wildman–Crippen MR) is 86.1 cm³/mol. The number of hydrogen-bond acceptors (Lipinski definition) is 3. The van der Waals surface area contributed by atoms with Crippen LogP contribution in [-0.4, -0.2) is 29.9 Å². The summed E-state index contributed by atoms with van der Waals surface area (Å²) < 4.78 is 5.91. The van der Waals surface area contributed by atoms with Crippen LogP contribution in [-0.2, 0) is 11.3 Å². The zero-order valence-electron chi connectivity index (χ0n) is 13.5. The Hall–Kier alpha value is -0.900. The van der Waals surface area contributed by atoms with Gasteiger partial charge in [0.1, 0.15) is 0 Å². The molecule has 1 aliphatic rings. The van der Waals surface area contributed by atoms with Crippen molar-refractivity contribution in [3.8, 4) is 0 Å². The summed E-state index contributed by atoms with van der Waals surface area (Å²) >= 11 is 0. The molecule has 3 heteroatoms. The minimum atomic E-state index is 0.199. The van der Waals surface area contributed by atoms with E-state index in [1.165, 1.54) is 5.56 Å². The molecule has 0 radical (unpaired) electrons. The van der Waals surface area contributed by atoms with Gasteiger partial charge in [-0.3, -0.25) is 0 Å². The zero-order valence-corrected chi connectivity index (χ0v) is 13.5. The molecular weight excluding hydrogens is 262 g/mol. The molecule has 2 rings (SSSR count). The topological polar surface area (TPSA) is 41.5 Å². The molecule has 1 saturated carbocycles. The van der Waals surface area contributed by atoms with Crippen molar-refractivity contribution in [1.29, 1.82) is 0 Å². The first kappa shape index (κ1) is 16.5. The first-order chi connectivity index (χ1) is 9.96. The molecule has 1 aromatic carbocycles. The molecule has 0 aromatic heterocycles. The fraction of sp³-hybridized carbons (Fsp3) is 0.667. The summed E-state index contributed by atoms with van der Waals surface area (Å²) in [7, 11) is 0. The first-order valence-corrected chi connectivity index (χ1v) is 7.99. The molecule has 1 aromatic rings. The van der Waals surface area contributed by atoms with Gasteiger partial charge in [-0.2, -0.15) is 0 Å². The molecular formula is C18H29NO2. The van der Waals surface area contributed by atoms with Crippen molar-refractivity contribution in [2.75, 3.05) is 6.61 Å². The van der Waals surface area contributed by atoms with Crippen molar-refractivity contribution in [2.45, 2.75) is 64.8 Å². The van der Waals surface area contributed by atoms with Crippen LogP contribution in [0.3, 0.4) is 0 Å². The largest absolute Gasteiger partial charge is 0.395 e. The van der Waals surface area contributed by atoms with Gasteiger partial charge in [0.2, 0.25) is 0 Å². The van der Waals surface area contributed by atoms with Gasteiger partial charge in [0.05, 0.1) is 19.3 Å². The maximum absolute atomic E-state index is 9.48. The Kier molecular flexibility index (Phi) is 5.80. The van der Waals surface area contributed by atoms with Gasteiger partial charge in [0.15, 0.2) is 0 Å². The number of ether oxygens (including phenoxy) is 1. The molecule has 0 bridgehead atoms. The third kappa shape index (κ3) is 5.77. The molecule has 1 atom stereocenters. The Morgan fingerprint density at radius 1 is 1.24 bits per heavy atom. The van der Waals surface area contributed by atoms with Gasteiger partial charge < -0.3 is 15.2 Å². The molecule has 0 aliphatic heterocycles. The van der Waals surface area contributed by atoms with E-state index in [-0.39, 0.29) is 18.1 Å². The number of aliphatic hydroxyl groups is 1. The highest BCUT2D eigenvalue weighted by Crippen LogP contribution is 2.27. The van der Waals surface area contributed by atoms with Gasteiger partial charge in [-0.05, 0) is 30.2 Å². The van der Waals surface area contributed by atoms with E-state index in [1.807, 2.05) is 18.2 Å². The van der Waals surface area contributed by atoms with E-state index < -0.39 is 0 Å². The van der Waals surface area contributed by atoms with Gasteiger partial charge in [-0.25, -0.2) is 0 Å². The highest BCUT2D eigenvalue weighted by Gasteiger charge is 2.32. The molecule has 0 spiro atoms. The highest BCUT2D eigenvalue weighted by molar-refractivity contribution is 5.13. The minimum absolute atomic E-state index is 0.199. The number of rotatable bonds is 7. The van der Waals surface area contributed by atoms with Gasteiger partial charge in [-0.1, -0.05) is 51.1 Å². The lowest BCUT2D eigenvalue weighted by Gasteiger charge is -2.39. The van der Waals surface area contributed by atoms with Crippen molar-refractivity contribution in [1.82, 2.24) is 5.32 Å². The van der Waals surface area contributed by atoms with Crippen LogP contribution in [0.25, 0.3) is 0 Å². The average Bonchev–Trinajstić information content (AvgIpc) is 2.39. The maximum Gasteiger partial charge on any atom is 0.0720 e. The Labute approximate surface area is 128 Å². The van der Waals surface area contributed by atoms with Crippen LogP contribution < -0.4 is 5.32 Å². The van der Waals surface area contributed by atoms with Gasteiger partial charge in [0.25, 0.3) is 0 Å². The molecule has 1 aliphatic carbocycles. The van der Waals surface area contributed by atoms with Crippen molar-refractivity contribution in [3.05, 3.63) is 35.9 Å². The standard InChI is InChI=1S/C18H29NO2/c1-18(2,3)11-16(12-20)19-15-9-17(10-15)21-13-14-7-5-4-6-8-14/h4-8,15-17,19-20H,9-13H2,1-3H3/t15?,16-,17?/m1/s1. The molecule has 118 valence electrons. The lowest BCUT2D eigenvalue weighted by Crippen LogP contribution is -2.51. The normalized spacial score (nSPS) is 23.6. The second-order valence-electron chi connectivity index (χ2n) is 7.40. The lowest BCUT2D eigenvalue weighted by molar-refractivity contribution is -0.0311. The molecule has 0 unspecified atom stereocenters. The van der Waals surface area contributed by atoms with Crippen molar-refractivity contribution < 1.29 is 9.84 Å². The Morgan fingerprint density at radius 3 is 2.48 bits per heavy atom. The molecule has 2 N–H and O–H groups in total. The summed E-state index contributed by atoms with van der Waals surface area (Å²) in [5.74, 6) is 0. The van der Waals surface area contributed by atoms with Gasteiger partial charge >= 0.3 is 0 Å². The summed E-state index contributed by atoms with van der Waals surface area (Å²) in [5, 5.41) is 13.0. The highest BCUT2D eigenvalue weighted by atomic mass is 16.5. The maximum atomic E-state index is 9.48. The summed E-state index contributed by atoms with van der Waals surface area (Å²) in [6.45, 7) is 7.55. The Bertz CT molecular complexity index is 407. The smallest absolute Gasteiger partial charge is 0.0720 e. The molecule has 0 amide bonds. The van der Waals surface area contributed by atoms with E-state index in [9.17, 15) is 5.11 Å². The van der Waals surface area contributed by atoms with Crippen molar-refractivity contribution >= 4 is 0 Å². The average molecular weight is 291 g/mol. The zero-order chi connectivity index (χ0) is 15.3.